The van der Waals surface area contributed by atoms with Crippen molar-refractivity contribution in [2.45, 2.75) is 0 Å². The van der Waals surface area contributed by atoms with Gasteiger partial charge in [0.05, 0.1) is 5.02 Å². The summed E-state index contributed by atoms with van der Waals surface area (Å²) >= 11 is 5.99. The number of rotatable bonds is 6. The zero-order valence-electron chi connectivity index (χ0n) is 14.2. The average Bonchev–Trinajstić information content (AvgIpc) is 2.68. The Bertz CT molecular complexity index is 948. The quantitative estimate of drug-likeness (QED) is 0.676. The summed E-state index contributed by atoms with van der Waals surface area (Å²) in [5.74, 6) is -0.164. The molecule has 2 amide bonds. The number of hydrogen-bond donors (Lipinski definition) is 2. The molecular weight excluding hydrogens is 366 g/mol. The molecule has 7 heteroatoms. The van der Waals surface area contributed by atoms with Crippen LogP contribution in [-0.4, -0.2) is 23.4 Å². The van der Waals surface area contributed by atoms with Gasteiger partial charge >= 0.3 is 0 Å². The van der Waals surface area contributed by atoms with Gasteiger partial charge in [-0.3, -0.25) is 14.6 Å². The third kappa shape index (κ3) is 5.29. The second-order valence-corrected chi connectivity index (χ2v) is 5.95. The number of nitrogens with one attached hydrogen (secondary N) is 2. The first kappa shape index (κ1) is 18.4. The summed E-state index contributed by atoms with van der Waals surface area (Å²) in [5.41, 5.74) is 1.59. The molecule has 0 aliphatic heterocycles. The van der Waals surface area contributed by atoms with E-state index < -0.39 is 0 Å². The van der Waals surface area contributed by atoms with Gasteiger partial charge in [-0.15, -0.1) is 0 Å². The minimum Gasteiger partial charge on any atom is -0.482 e. The lowest BCUT2D eigenvalue weighted by molar-refractivity contribution is -0.118. The first-order chi connectivity index (χ1) is 13.1. The molecule has 0 bridgehead atoms. The van der Waals surface area contributed by atoms with E-state index in [-0.39, 0.29) is 18.4 Å². The van der Waals surface area contributed by atoms with E-state index in [4.69, 9.17) is 16.3 Å². The topological polar surface area (TPSA) is 80.3 Å². The van der Waals surface area contributed by atoms with Gasteiger partial charge < -0.3 is 15.4 Å². The number of ether oxygens (including phenoxy) is 1. The van der Waals surface area contributed by atoms with Crippen molar-refractivity contribution in [3.8, 4) is 5.75 Å². The Morgan fingerprint density at radius 3 is 2.37 bits per heavy atom. The van der Waals surface area contributed by atoms with E-state index in [1.165, 1.54) is 0 Å². The molecule has 0 aliphatic carbocycles. The lowest BCUT2D eigenvalue weighted by Crippen LogP contribution is -2.20. The number of carbonyl (C=O) groups is 2. The summed E-state index contributed by atoms with van der Waals surface area (Å²) in [6.07, 6.45) is 3.09. The van der Waals surface area contributed by atoms with Gasteiger partial charge in [-0.1, -0.05) is 29.8 Å². The molecule has 0 unspecified atom stereocenters. The average molecular weight is 382 g/mol. The van der Waals surface area contributed by atoms with Gasteiger partial charge in [0, 0.05) is 29.3 Å². The Kier molecular flexibility index (Phi) is 6.02. The van der Waals surface area contributed by atoms with Crippen molar-refractivity contribution in [3.63, 3.8) is 0 Å². The van der Waals surface area contributed by atoms with E-state index in [2.05, 4.69) is 15.6 Å². The minimum atomic E-state index is -0.340. The van der Waals surface area contributed by atoms with Crippen LogP contribution in [0.3, 0.4) is 0 Å². The highest BCUT2D eigenvalue weighted by Crippen LogP contribution is 2.23. The Morgan fingerprint density at radius 2 is 1.63 bits per heavy atom. The minimum absolute atomic E-state index is 0.183. The Labute approximate surface area is 161 Å². The highest BCUT2D eigenvalue weighted by Gasteiger charge is 2.08. The van der Waals surface area contributed by atoms with Crippen LogP contribution in [0, 0.1) is 0 Å². The number of aromatic nitrogens is 1. The third-order valence-electron chi connectivity index (χ3n) is 3.54. The van der Waals surface area contributed by atoms with E-state index in [0.717, 1.165) is 0 Å². The molecule has 3 rings (SSSR count). The van der Waals surface area contributed by atoms with Gasteiger partial charge in [-0.25, -0.2) is 0 Å². The Morgan fingerprint density at radius 1 is 0.926 bits per heavy atom. The number of anilines is 2. The van der Waals surface area contributed by atoms with Gasteiger partial charge in [0.25, 0.3) is 11.8 Å². The van der Waals surface area contributed by atoms with E-state index in [9.17, 15) is 9.59 Å². The zero-order chi connectivity index (χ0) is 19.1. The molecule has 0 spiro atoms. The summed E-state index contributed by atoms with van der Waals surface area (Å²) in [4.78, 5) is 28.1. The predicted octanol–water partition coefficient (Wildman–Crippen LogP) is 4.00. The molecular formula is C20H16ClN3O3. The molecule has 1 heterocycles. The van der Waals surface area contributed by atoms with Gasteiger partial charge in [0.15, 0.2) is 6.61 Å². The maximum absolute atomic E-state index is 12.2. The van der Waals surface area contributed by atoms with E-state index in [0.29, 0.717) is 27.7 Å². The zero-order valence-corrected chi connectivity index (χ0v) is 14.9. The van der Waals surface area contributed by atoms with E-state index >= 15 is 0 Å². The monoisotopic (exact) mass is 381 g/mol. The summed E-state index contributed by atoms with van der Waals surface area (Å²) < 4.78 is 5.40. The molecule has 1 aromatic heterocycles. The third-order valence-corrected chi connectivity index (χ3v) is 3.85. The van der Waals surface area contributed by atoms with Gasteiger partial charge in [0.2, 0.25) is 0 Å². The lowest BCUT2D eigenvalue weighted by Gasteiger charge is -2.10. The fraction of sp³-hybridized carbons (Fsp3) is 0.0500. The molecule has 2 N–H and O–H groups in total. The predicted molar refractivity (Wildman–Crippen MR) is 104 cm³/mol. The number of amides is 2. The van der Waals surface area contributed by atoms with Crippen molar-refractivity contribution in [1.82, 2.24) is 4.98 Å². The van der Waals surface area contributed by atoms with Gasteiger partial charge in [-0.05, 0) is 42.5 Å². The molecule has 0 saturated heterocycles. The largest absolute Gasteiger partial charge is 0.482 e. The second-order valence-electron chi connectivity index (χ2n) is 5.54. The van der Waals surface area contributed by atoms with Crippen LogP contribution < -0.4 is 15.4 Å². The number of halogens is 1. The van der Waals surface area contributed by atoms with Crippen LogP contribution in [0.15, 0.2) is 73.1 Å². The van der Waals surface area contributed by atoms with Crippen LogP contribution >= 0.6 is 11.6 Å². The molecule has 136 valence electrons. The van der Waals surface area contributed by atoms with Gasteiger partial charge in [-0.2, -0.15) is 0 Å². The van der Waals surface area contributed by atoms with E-state index in [1.807, 2.05) is 0 Å². The fourth-order valence-electron chi connectivity index (χ4n) is 2.28. The van der Waals surface area contributed by atoms with Gasteiger partial charge in [0.1, 0.15) is 5.75 Å². The smallest absolute Gasteiger partial charge is 0.262 e. The molecule has 0 saturated carbocycles. The van der Waals surface area contributed by atoms with Crippen molar-refractivity contribution in [2.75, 3.05) is 17.2 Å². The van der Waals surface area contributed by atoms with Crippen molar-refractivity contribution in [2.24, 2.45) is 0 Å². The van der Waals surface area contributed by atoms with Crippen LogP contribution in [0.5, 0.6) is 5.75 Å². The second kappa shape index (κ2) is 8.82. The van der Waals surface area contributed by atoms with E-state index in [1.54, 1.807) is 73.1 Å². The molecule has 2 aromatic carbocycles. The fourth-order valence-corrected chi connectivity index (χ4v) is 2.47. The van der Waals surface area contributed by atoms with Crippen LogP contribution in [0.25, 0.3) is 0 Å². The number of nitrogens with zero attached hydrogens (tertiary/aromatic N) is 1. The standard InChI is InChI=1S/C20H16ClN3O3/c21-17-6-1-2-7-18(17)27-13-19(25)23-15-4-3-5-16(12-15)24-20(26)14-8-10-22-11-9-14/h1-12H,13H2,(H,23,25)(H,24,26). The molecule has 27 heavy (non-hydrogen) atoms. The summed E-state index contributed by atoms with van der Waals surface area (Å²) in [6, 6.07) is 17.0. The molecule has 0 aliphatic rings. The van der Waals surface area contributed by atoms with Crippen molar-refractivity contribution in [3.05, 3.63) is 83.6 Å². The number of para-hydroxylation sites is 1. The molecule has 3 aromatic rings. The number of benzene rings is 2. The highest BCUT2D eigenvalue weighted by molar-refractivity contribution is 6.32. The maximum atomic E-state index is 12.2. The molecule has 0 fully saturated rings. The summed E-state index contributed by atoms with van der Waals surface area (Å²) in [6.45, 7) is -0.183. The van der Waals surface area contributed by atoms with Crippen molar-refractivity contribution >= 4 is 34.8 Å². The van der Waals surface area contributed by atoms with Crippen molar-refractivity contribution < 1.29 is 14.3 Å². The SMILES string of the molecule is O=C(COc1ccccc1Cl)Nc1cccc(NC(=O)c2ccncc2)c1. The molecule has 0 atom stereocenters. The van der Waals surface area contributed by atoms with Crippen LogP contribution in [0.2, 0.25) is 5.02 Å². The van der Waals surface area contributed by atoms with Crippen LogP contribution in [0.4, 0.5) is 11.4 Å². The lowest BCUT2D eigenvalue weighted by atomic mass is 10.2. The normalized spacial score (nSPS) is 10.1. The van der Waals surface area contributed by atoms with Crippen LogP contribution in [-0.2, 0) is 4.79 Å². The Balaban J connectivity index is 1.58. The number of pyridine rings is 1. The summed E-state index contributed by atoms with van der Waals surface area (Å²) in [5, 5.41) is 5.92. The first-order valence-electron chi connectivity index (χ1n) is 8.10. The maximum Gasteiger partial charge on any atom is 0.262 e. The van der Waals surface area contributed by atoms with Crippen molar-refractivity contribution in [1.29, 1.82) is 0 Å². The molecule has 0 radical (unpaired) electrons. The molecule has 6 nitrogen and oxygen atoms in total. The number of carbonyl (C=O) groups excluding carboxylic acids is 2. The van der Waals surface area contributed by atoms with Crippen LogP contribution in [0.1, 0.15) is 10.4 Å². The number of hydrogen-bond acceptors (Lipinski definition) is 4. The first-order valence-corrected chi connectivity index (χ1v) is 8.48. The summed E-state index contributed by atoms with van der Waals surface area (Å²) in [7, 11) is 0. The highest BCUT2D eigenvalue weighted by atomic mass is 35.5. The Hall–Kier alpha value is -3.38.